The van der Waals surface area contributed by atoms with E-state index >= 15 is 0 Å². The fourth-order valence-corrected chi connectivity index (χ4v) is 2.26. The third-order valence-corrected chi connectivity index (χ3v) is 3.76. The number of ether oxygens (including phenoxy) is 2. The molecule has 29 heavy (non-hydrogen) atoms. The highest BCUT2D eigenvalue weighted by Gasteiger charge is 2.12. The Morgan fingerprint density at radius 2 is 0.655 bits per heavy atom. The Balaban J connectivity index is 3.66. The van der Waals surface area contributed by atoms with E-state index in [1.54, 1.807) is 0 Å². The number of rotatable bonds is 16. The summed E-state index contributed by atoms with van der Waals surface area (Å²) in [5, 5.41) is 16.9. The maximum atomic E-state index is 11.5. The topological polar surface area (TPSA) is 161 Å². The first kappa shape index (κ1) is 26.2. The minimum absolute atomic E-state index is 0.0123. The first-order valence-corrected chi connectivity index (χ1v) is 9.61. The first-order chi connectivity index (χ1) is 13.7. The van der Waals surface area contributed by atoms with Crippen molar-refractivity contribution in [3.05, 3.63) is 0 Å². The van der Waals surface area contributed by atoms with Gasteiger partial charge < -0.3 is 19.7 Å². The van der Waals surface area contributed by atoms with E-state index in [4.69, 9.17) is 10.2 Å². The lowest BCUT2D eigenvalue weighted by Crippen LogP contribution is -2.13. The SMILES string of the molecule is O=C(O)CCCCC(=O)OC(=O)CCCCCC(=O)OC(=O)CCCCC(=O)O. The standard InChI is InChI=1S/C19H28O10/c20-14(21)8-4-6-12-18(26)28-16(24)10-2-1-3-11-17(25)29-19(27)13-7-5-9-15(22)23/h1-13H2,(H,20,21)(H,22,23). The molecule has 0 aromatic carbocycles. The van der Waals surface area contributed by atoms with Crippen molar-refractivity contribution in [1.29, 1.82) is 0 Å². The predicted molar refractivity (Wildman–Crippen MR) is 97.5 cm³/mol. The van der Waals surface area contributed by atoms with Crippen LogP contribution in [0.3, 0.4) is 0 Å². The number of carboxylic acids is 2. The van der Waals surface area contributed by atoms with E-state index in [1.807, 2.05) is 0 Å². The van der Waals surface area contributed by atoms with Gasteiger partial charge in [-0.3, -0.25) is 28.8 Å². The summed E-state index contributed by atoms with van der Waals surface area (Å²) < 4.78 is 9.20. The van der Waals surface area contributed by atoms with Gasteiger partial charge in [-0.15, -0.1) is 0 Å². The van der Waals surface area contributed by atoms with Crippen molar-refractivity contribution < 1.29 is 48.5 Å². The monoisotopic (exact) mass is 416 g/mol. The van der Waals surface area contributed by atoms with E-state index < -0.39 is 35.8 Å². The molecule has 0 aromatic rings. The van der Waals surface area contributed by atoms with E-state index in [0.717, 1.165) is 0 Å². The maximum absolute atomic E-state index is 11.5. The second kappa shape index (κ2) is 16.2. The summed E-state index contributed by atoms with van der Waals surface area (Å²) in [6, 6.07) is 0. The highest BCUT2D eigenvalue weighted by molar-refractivity contribution is 5.86. The molecule has 0 bridgehead atoms. The lowest BCUT2D eigenvalue weighted by molar-refractivity contribution is -0.161. The number of esters is 4. The van der Waals surface area contributed by atoms with Crippen LogP contribution in [0, 0.1) is 0 Å². The summed E-state index contributed by atoms with van der Waals surface area (Å²) >= 11 is 0. The molecular formula is C19H28O10. The molecule has 0 aliphatic rings. The molecule has 0 saturated carbocycles. The van der Waals surface area contributed by atoms with E-state index in [-0.39, 0.29) is 38.5 Å². The molecular weight excluding hydrogens is 388 g/mol. The molecule has 0 fully saturated rings. The average molecular weight is 416 g/mol. The lowest BCUT2D eigenvalue weighted by atomic mass is 10.1. The minimum atomic E-state index is -0.946. The molecule has 0 amide bonds. The zero-order valence-electron chi connectivity index (χ0n) is 16.4. The summed E-state index contributed by atoms with van der Waals surface area (Å²) in [6.45, 7) is 0. The second-order valence-corrected chi connectivity index (χ2v) is 6.45. The smallest absolute Gasteiger partial charge is 0.313 e. The van der Waals surface area contributed by atoms with Crippen LogP contribution in [-0.4, -0.2) is 46.0 Å². The molecule has 0 spiro atoms. The molecule has 0 saturated heterocycles. The van der Waals surface area contributed by atoms with E-state index in [1.165, 1.54) is 0 Å². The van der Waals surface area contributed by atoms with Crippen LogP contribution in [-0.2, 0) is 38.2 Å². The van der Waals surface area contributed by atoms with Crippen molar-refractivity contribution in [2.75, 3.05) is 0 Å². The summed E-state index contributed by atoms with van der Waals surface area (Å²) in [7, 11) is 0. The maximum Gasteiger partial charge on any atom is 0.313 e. The summed E-state index contributed by atoms with van der Waals surface area (Å²) in [4.78, 5) is 66.4. The Bertz CT molecular complexity index is 532. The third-order valence-electron chi connectivity index (χ3n) is 3.76. The normalized spacial score (nSPS) is 10.2. The van der Waals surface area contributed by atoms with Gasteiger partial charge in [0.1, 0.15) is 0 Å². The molecule has 2 N–H and O–H groups in total. The Morgan fingerprint density at radius 1 is 0.414 bits per heavy atom. The Kier molecular flexibility index (Phi) is 14.6. The number of unbranched alkanes of at least 4 members (excludes halogenated alkanes) is 4. The largest absolute Gasteiger partial charge is 0.481 e. The van der Waals surface area contributed by atoms with E-state index in [0.29, 0.717) is 44.9 Å². The van der Waals surface area contributed by atoms with Crippen molar-refractivity contribution >= 4 is 35.8 Å². The third kappa shape index (κ3) is 18.4. The van der Waals surface area contributed by atoms with Crippen molar-refractivity contribution in [2.24, 2.45) is 0 Å². The molecule has 0 heterocycles. The van der Waals surface area contributed by atoms with Gasteiger partial charge in [0.15, 0.2) is 0 Å². The Morgan fingerprint density at radius 3 is 0.931 bits per heavy atom. The van der Waals surface area contributed by atoms with Crippen molar-refractivity contribution in [3.8, 4) is 0 Å². The van der Waals surface area contributed by atoms with Crippen LogP contribution in [0.1, 0.15) is 83.5 Å². The molecule has 0 radical (unpaired) electrons. The predicted octanol–water partition coefficient (Wildman–Crippen LogP) is 2.37. The van der Waals surface area contributed by atoms with Gasteiger partial charge in [0.2, 0.25) is 0 Å². The van der Waals surface area contributed by atoms with Crippen LogP contribution in [0.25, 0.3) is 0 Å². The van der Waals surface area contributed by atoms with Crippen molar-refractivity contribution in [1.82, 2.24) is 0 Å². The second-order valence-electron chi connectivity index (χ2n) is 6.45. The summed E-state index contributed by atoms with van der Waals surface area (Å²) in [6.07, 6.45) is 2.55. The lowest BCUT2D eigenvalue weighted by Gasteiger charge is -2.04. The van der Waals surface area contributed by atoms with Gasteiger partial charge in [0.25, 0.3) is 0 Å². The van der Waals surface area contributed by atoms with Gasteiger partial charge in [0.05, 0.1) is 0 Å². The Labute approximate surface area is 168 Å². The molecule has 0 rings (SSSR count). The molecule has 0 aliphatic carbocycles. The number of carbonyl (C=O) groups is 6. The molecule has 0 aliphatic heterocycles. The summed E-state index contributed by atoms with van der Waals surface area (Å²) in [5.41, 5.74) is 0. The van der Waals surface area contributed by atoms with Crippen molar-refractivity contribution in [3.63, 3.8) is 0 Å². The fraction of sp³-hybridized carbons (Fsp3) is 0.684. The number of aliphatic carboxylic acids is 2. The zero-order chi connectivity index (χ0) is 22.1. The first-order valence-electron chi connectivity index (χ1n) is 9.61. The Hall–Kier alpha value is -2.78. The average Bonchev–Trinajstić information content (AvgIpc) is 2.61. The molecule has 10 heteroatoms. The van der Waals surface area contributed by atoms with Crippen LogP contribution in [0.4, 0.5) is 0 Å². The number of hydrogen-bond donors (Lipinski definition) is 2. The number of hydrogen-bond acceptors (Lipinski definition) is 8. The van der Waals surface area contributed by atoms with Gasteiger partial charge >= 0.3 is 35.8 Å². The molecule has 0 aromatic heterocycles. The van der Waals surface area contributed by atoms with Crippen LogP contribution >= 0.6 is 0 Å². The molecule has 0 atom stereocenters. The van der Waals surface area contributed by atoms with Crippen LogP contribution < -0.4 is 0 Å². The van der Waals surface area contributed by atoms with Gasteiger partial charge in [-0.1, -0.05) is 6.42 Å². The van der Waals surface area contributed by atoms with Gasteiger partial charge in [-0.25, -0.2) is 0 Å². The quantitative estimate of drug-likeness (QED) is 0.217. The van der Waals surface area contributed by atoms with Gasteiger partial charge in [-0.2, -0.15) is 0 Å². The zero-order valence-corrected chi connectivity index (χ0v) is 16.4. The fourth-order valence-electron chi connectivity index (χ4n) is 2.26. The van der Waals surface area contributed by atoms with E-state index in [9.17, 15) is 28.8 Å². The summed E-state index contributed by atoms with van der Waals surface area (Å²) in [5.74, 6) is -4.62. The van der Waals surface area contributed by atoms with Crippen LogP contribution in [0.15, 0.2) is 0 Å². The minimum Gasteiger partial charge on any atom is -0.481 e. The number of carboxylic acid groups (broad SMARTS) is 2. The van der Waals surface area contributed by atoms with Crippen LogP contribution in [0.2, 0.25) is 0 Å². The molecule has 10 nitrogen and oxygen atoms in total. The molecule has 0 unspecified atom stereocenters. The molecule has 164 valence electrons. The van der Waals surface area contributed by atoms with Crippen molar-refractivity contribution in [2.45, 2.75) is 83.5 Å². The van der Waals surface area contributed by atoms with Gasteiger partial charge in [-0.05, 0) is 38.5 Å². The van der Waals surface area contributed by atoms with Crippen LogP contribution in [0.5, 0.6) is 0 Å². The van der Waals surface area contributed by atoms with Gasteiger partial charge in [0, 0.05) is 38.5 Å². The highest BCUT2D eigenvalue weighted by atomic mass is 16.6. The highest BCUT2D eigenvalue weighted by Crippen LogP contribution is 2.08. The number of carbonyl (C=O) groups excluding carboxylic acids is 4. The van der Waals surface area contributed by atoms with E-state index in [2.05, 4.69) is 9.47 Å².